The zero-order valence-corrected chi connectivity index (χ0v) is 68.6. The largest absolute Gasteiger partial charge is 0.474 e. The molecule has 0 radical (unpaired) electrons. The van der Waals surface area contributed by atoms with Gasteiger partial charge in [-0.1, -0.05) is 38.5 Å². The number of unbranched alkanes of at least 4 members (excludes halogenated alkanes) is 9. The lowest BCUT2D eigenvalue weighted by Gasteiger charge is -2.42. The summed E-state index contributed by atoms with van der Waals surface area (Å²) in [6.07, 6.45) is -10.9. The van der Waals surface area contributed by atoms with Crippen molar-refractivity contribution in [1.82, 2.24) is 16.0 Å². The first-order valence-electron chi connectivity index (χ1n) is 37.1. The van der Waals surface area contributed by atoms with Crippen LogP contribution in [-0.2, 0) is 130 Å². The van der Waals surface area contributed by atoms with Crippen molar-refractivity contribution in [1.29, 1.82) is 0 Å². The molecule has 0 aromatic rings. The summed E-state index contributed by atoms with van der Waals surface area (Å²) < 4.78 is 170. The normalized spacial score (nSPS) is 27.2. The minimum absolute atomic E-state index is 0.0633. The SMILES string of the molecule is CC(=O)NC1C(OCCCCCCOP(=O)(O)OCCCOCC(COCCCOP(=O)(O)OCCCCCCOC2OC(CO)C(O)C(O)C2NC(C)=O)(COCCCOP(=O)(O)OCCCCCCOC2OC(CO)C(O)C(O)C2NC(C)=O)COP(=O)(O)OCOCC(CO)COCOP(=O)(O)O)OC(CO)C(O)C1O. The van der Waals surface area contributed by atoms with Crippen molar-refractivity contribution in [2.45, 2.75) is 209 Å². The number of ether oxygens (including phenoxy) is 11. The van der Waals surface area contributed by atoms with Gasteiger partial charge in [-0.15, -0.1) is 0 Å². The van der Waals surface area contributed by atoms with Crippen molar-refractivity contribution in [3.63, 3.8) is 0 Å². The maximum absolute atomic E-state index is 13.4. The molecule has 0 bridgehead atoms. The molecule has 20 unspecified atom stereocenters. The molecule has 52 heteroatoms. The van der Waals surface area contributed by atoms with E-state index in [9.17, 15) is 108 Å². The van der Waals surface area contributed by atoms with Gasteiger partial charge in [0, 0.05) is 66.3 Å². The molecule has 3 aliphatic heterocycles. The van der Waals surface area contributed by atoms with Gasteiger partial charge in [-0.2, -0.15) is 0 Å². The first-order valence-corrected chi connectivity index (χ1v) is 44.6. The molecule has 47 nitrogen and oxygen atoms in total. The minimum Gasteiger partial charge on any atom is -0.396 e. The highest BCUT2D eigenvalue weighted by Gasteiger charge is 2.48. The lowest BCUT2D eigenvalue weighted by Crippen LogP contribution is -2.64. The van der Waals surface area contributed by atoms with E-state index < -0.39 is 246 Å². The van der Waals surface area contributed by atoms with E-state index in [0.717, 1.165) is 0 Å². The van der Waals surface area contributed by atoms with Crippen LogP contribution in [0.15, 0.2) is 0 Å². The number of amides is 3. The summed E-state index contributed by atoms with van der Waals surface area (Å²) >= 11 is 0. The highest BCUT2D eigenvalue weighted by Crippen LogP contribution is 2.47. The number of phosphoric ester groups is 5. The van der Waals surface area contributed by atoms with Crippen molar-refractivity contribution >= 4 is 56.8 Å². The summed E-state index contributed by atoms with van der Waals surface area (Å²) in [5.41, 5.74) is -1.61. The summed E-state index contributed by atoms with van der Waals surface area (Å²) in [5, 5.41) is 108. The molecule has 0 aliphatic carbocycles. The topological polar surface area (TPSA) is 681 Å². The standard InChI is InChI=1S/C62H122N3O44P5/c1-43(70)63-50-56(76)53(73)47(32-67)107-59(50)95-22-10-4-7-13-25-98-111(82,83)101-28-16-19-90-37-62(40-104-114(88,89)106-42-94-36-46(31-66)35-93-41-105-110(79,80)81,38-91-20-17-29-102-112(84,85)99-26-14-8-5-11-23-96-60-51(64-44(2)71)57(77)54(74)48(33-68)108-60)39-92-21-18-30-103-113(86,87)100-27-15-9-6-12-24-97-61-52(65-45(3)72)58(78)55(75)49(34-69)109-61/h46-61,66-69,73-78H,4-42H2,1-3H3,(H,63,70)(H,64,71)(H,65,72)(H,82,83)(H,84,85)(H,86,87)(H,88,89)(H2,79,80,81). The molecule has 0 aromatic carbocycles. The van der Waals surface area contributed by atoms with Crippen LogP contribution < -0.4 is 16.0 Å². The van der Waals surface area contributed by atoms with Gasteiger partial charge < -0.3 is 148 Å². The van der Waals surface area contributed by atoms with Crippen LogP contribution >= 0.6 is 39.1 Å². The number of hydrogen-bond acceptors (Lipinski definition) is 38. The average molecular weight is 1770 g/mol. The molecule has 3 aliphatic rings. The van der Waals surface area contributed by atoms with E-state index in [1.54, 1.807) is 0 Å². The fourth-order valence-corrected chi connectivity index (χ4v) is 14.3. The lowest BCUT2D eigenvalue weighted by molar-refractivity contribution is -0.270. The molecule has 674 valence electrons. The van der Waals surface area contributed by atoms with E-state index in [2.05, 4.69) is 20.5 Å². The van der Waals surface area contributed by atoms with E-state index in [1.165, 1.54) is 20.8 Å². The Morgan fingerprint density at radius 1 is 0.342 bits per heavy atom. The average Bonchev–Trinajstić information content (AvgIpc) is 0.812. The number of hydrogen-bond donors (Lipinski definition) is 19. The Morgan fingerprint density at radius 2 is 0.614 bits per heavy atom. The van der Waals surface area contributed by atoms with Crippen LogP contribution in [0.25, 0.3) is 0 Å². The van der Waals surface area contributed by atoms with Crippen molar-refractivity contribution in [2.75, 3.05) is 159 Å². The molecule has 3 amide bonds. The van der Waals surface area contributed by atoms with Gasteiger partial charge in [0.05, 0.1) is 111 Å². The van der Waals surface area contributed by atoms with Crippen molar-refractivity contribution < 1.29 is 210 Å². The summed E-state index contributed by atoms with van der Waals surface area (Å²) in [5.74, 6) is -2.41. The molecule has 114 heavy (non-hydrogen) atoms. The Balaban J connectivity index is 1.63. The number of aliphatic hydroxyl groups is 10. The predicted octanol–water partition coefficient (Wildman–Crippen LogP) is -2.04. The maximum atomic E-state index is 13.4. The summed E-state index contributed by atoms with van der Waals surface area (Å²) in [4.78, 5) is 95.2. The molecule has 3 rings (SSSR count). The van der Waals surface area contributed by atoms with Gasteiger partial charge in [-0.3, -0.25) is 55.1 Å². The second-order valence-electron chi connectivity index (χ2n) is 26.8. The van der Waals surface area contributed by atoms with E-state index in [4.69, 9.17) is 98.1 Å². The summed E-state index contributed by atoms with van der Waals surface area (Å²) in [6.45, 7) is -5.71. The van der Waals surface area contributed by atoms with Crippen LogP contribution in [-0.4, -0.2) is 349 Å². The molecule has 3 fully saturated rings. The molecule has 0 spiro atoms. The molecule has 0 aromatic heterocycles. The highest BCUT2D eigenvalue weighted by molar-refractivity contribution is 7.48. The van der Waals surface area contributed by atoms with E-state index in [0.29, 0.717) is 77.0 Å². The third-order valence-corrected chi connectivity index (χ3v) is 21.2. The molecule has 20 atom stereocenters. The van der Waals surface area contributed by atoms with E-state index >= 15 is 0 Å². The minimum atomic E-state index is -5.12. The van der Waals surface area contributed by atoms with Gasteiger partial charge in [0.25, 0.3) is 0 Å². The van der Waals surface area contributed by atoms with Gasteiger partial charge in [0.2, 0.25) is 17.7 Å². The van der Waals surface area contributed by atoms with Crippen LogP contribution in [0, 0.1) is 11.3 Å². The fourth-order valence-electron chi connectivity index (χ4n) is 10.9. The first-order chi connectivity index (χ1) is 53.9. The first kappa shape index (κ1) is 106. The number of nitrogens with one attached hydrogen (secondary N) is 3. The lowest BCUT2D eigenvalue weighted by atomic mass is 9.92. The molecule has 0 saturated carbocycles. The Kier molecular flexibility index (Phi) is 53.6. The monoisotopic (exact) mass is 1770 g/mol. The van der Waals surface area contributed by atoms with Crippen molar-refractivity contribution in [2.24, 2.45) is 11.3 Å². The fraction of sp³-hybridized carbons (Fsp3) is 0.952. The zero-order chi connectivity index (χ0) is 84.8. The van der Waals surface area contributed by atoms with Gasteiger partial charge in [-0.05, 0) is 57.8 Å². The van der Waals surface area contributed by atoms with Gasteiger partial charge >= 0.3 is 39.1 Å². The second kappa shape index (κ2) is 57.5. The molecular formula is C62H122N3O44P5. The van der Waals surface area contributed by atoms with Gasteiger partial charge in [0.15, 0.2) is 32.5 Å². The zero-order valence-electron chi connectivity index (χ0n) is 64.1. The highest BCUT2D eigenvalue weighted by atomic mass is 31.2. The van der Waals surface area contributed by atoms with Gasteiger partial charge in [-0.25, -0.2) is 22.8 Å². The Labute approximate surface area is 660 Å². The third-order valence-electron chi connectivity index (χ3n) is 16.9. The number of rotatable bonds is 68. The summed E-state index contributed by atoms with van der Waals surface area (Å²) in [7, 11) is -23.9. The second-order valence-corrected chi connectivity index (χ2v) is 33.8. The van der Waals surface area contributed by atoms with E-state index in [1.807, 2.05) is 0 Å². The smallest absolute Gasteiger partial charge is 0.396 e. The number of carbonyl (C=O) groups excluding carboxylic acids is 3. The maximum Gasteiger partial charge on any atom is 0.474 e. The van der Waals surface area contributed by atoms with Crippen molar-refractivity contribution in [3.8, 4) is 0 Å². The number of aliphatic hydroxyl groups excluding tert-OH is 10. The van der Waals surface area contributed by atoms with Crippen LogP contribution in [0.2, 0.25) is 0 Å². The van der Waals surface area contributed by atoms with E-state index in [-0.39, 0.29) is 91.9 Å². The van der Waals surface area contributed by atoms with Gasteiger partial charge in [0.1, 0.15) is 73.1 Å². The summed E-state index contributed by atoms with van der Waals surface area (Å²) in [6, 6.07) is -3.37. The Morgan fingerprint density at radius 3 is 0.886 bits per heavy atom. The Hall–Kier alpha value is -1.88. The van der Waals surface area contributed by atoms with Crippen LogP contribution in [0.1, 0.15) is 117 Å². The number of carbonyl (C=O) groups is 3. The molecule has 19 N–H and O–H groups in total. The predicted molar refractivity (Wildman–Crippen MR) is 385 cm³/mol. The van der Waals surface area contributed by atoms with Crippen molar-refractivity contribution in [3.05, 3.63) is 0 Å². The molecular weight excluding hydrogens is 1650 g/mol. The molecule has 3 heterocycles. The van der Waals surface area contributed by atoms with Crippen LogP contribution in [0.3, 0.4) is 0 Å². The quantitative estimate of drug-likeness (QED) is 0.0177. The Bertz CT molecular complexity index is 2640. The van der Waals surface area contributed by atoms with Crippen LogP contribution in [0.5, 0.6) is 0 Å². The number of phosphoric acid groups is 5. The third kappa shape index (κ3) is 45.3. The molecule has 3 saturated heterocycles. The van der Waals surface area contributed by atoms with Crippen LogP contribution in [0.4, 0.5) is 0 Å².